The lowest BCUT2D eigenvalue weighted by molar-refractivity contribution is 0.236. The number of H-pyrrole nitrogens is 1. The van der Waals surface area contributed by atoms with Gasteiger partial charge in [0, 0.05) is 23.4 Å². The number of hydrogen-bond donors (Lipinski definition) is 2. The van der Waals surface area contributed by atoms with Crippen LogP contribution in [-0.2, 0) is 16.3 Å². The van der Waals surface area contributed by atoms with Crippen molar-refractivity contribution < 1.29 is 13.5 Å². The van der Waals surface area contributed by atoms with Crippen LogP contribution in [0.5, 0.6) is 0 Å². The van der Waals surface area contributed by atoms with Crippen molar-refractivity contribution in [2.24, 2.45) is 0 Å². The predicted octanol–water partition coefficient (Wildman–Crippen LogP) is 1.85. The Hall–Kier alpha value is -1.33. The summed E-state index contributed by atoms with van der Waals surface area (Å²) in [5, 5.41) is 10.6. The summed E-state index contributed by atoms with van der Waals surface area (Å²) in [6.45, 7) is 0. The summed E-state index contributed by atoms with van der Waals surface area (Å²) in [6, 6.07) is 8.02. The zero-order valence-corrected chi connectivity index (χ0v) is 11.1. The molecule has 0 bridgehead atoms. The van der Waals surface area contributed by atoms with Gasteiger partial charge < -0.3 is 10.1 Å². The Morgan fingerprint density at radius 1 is 1.33 bits per heavy atom. The Kier molecular flexibility index (Phi) is 3.73. The smallest absolute Gasteiger partial charge is 0.173 e. The molecular weight excluding hydrogens is 250 g/mol. The van der Waals surface area contributed by atoms with Crippen molar-refractivity contribution in [1.29, 1.82) is 0 Å². The average molecular weight is 267 g/mol. The molecule has 98 valence electrons. The van der Waals surface area contributed by atoms with Crippen LogP contribution in [-0.4, -0.2) is 30.2 Å². The number of hydrogen-bond acceptors (Lipinski definition) is 3. The van der Waals surface area contributed by atoms with E-state index in [1.54, 1.807) is 0 Å². The minimum Gasteiger partial charge on any atom is -0.377 e. The number of aromatic nitrogens is 1. The monoisotopic (exact) mass is 267 g/mol. The van der Waals surface area contributed by atoms with Gasteiger partial charge in [-0.3, -0.25) is 0 Å². The molecule has 0 aliphatic carbocycles. The largest absolute Gasteiger partial charge is 0.377 e. The van der Waals surface area contributed by atoms with E-state index in [9.17, 15) is 13.5 Å². The number of aliphatic hydroxyl groups is 1. The molecule has 2 N–H and O–H groups in total. The first kappa shape index (κ1) is 13.1. The van der Waals surface area contributed by atoms with Crippen LogP contribution in [0.25, 0.3) is 10.9 Å². The highest BCUT2D eigenvalue weighted by Crippen LogP contribution is 2.19. The number of sulfone groups is 1. The maximum absolute atomic E-state index is 11.1. The zero-order chi connectivity index (χ0) is 13.2. The summed E-state index contributed by atoms with van der Waals surface area (Å²) in [5.74, 6) is 0. The van der Waals surface area contributed by atoms with E-state index in [4.69, 9.17) is 0 Å². The van der Waals surface area contributed by atoms with E-state index in [0.29, 0.717) is 6.42 Å². The van der Waals surface area contributed by atoms with E-state index < -0.39 is 15.3 Å². The molecule has 0 aliphatic rings. The molecule has 1 heterocycles. The van der Waals surface area contributed by atoms with Crippen molar-refractivity contribution in [2.75, 3.05) is 6.26 Å². The molecule has 1 aromatic carbocycles. The summed E-state index contributed by atoms with van der Waals surface area (Å²) in [6.07, 6.45) is 4.64. The van der Waals surface area contributed by atoms with Crippen molar-refractivity contribution in [3.63, 3.8) is 0 Å². The lowest BCUT2D eigenvalue weighted by Gasteiger charge is -2.08. The third-order valence-corrected chi connectivity index (χ3v) is 4.30. The normalized spacial score (nSPS) is 13.9. The van der Waals surface area contributed by atoms with Crippen LogP contribution in [0.15, 0.2) is 30.5 Å². The molecule has 0 spiro atoms. The molecule has 1 aromatic heterocycles. The Labute approximate surface area is 107 Å². The van der Waals surface area contributed by atoms with E-state index in [1.165, 1.54) is 5.56 Å². The number of benzene rings is 1. The van der Waals surface area contributed by atoms with Gasteiger partial charge in [0.1, 0.15) is 0 Å². The molecule has 0 fully saturated rings. The zero-order valence-electron chi connectivity index (χ0n) is 10.3. The summed E-state index contributed by atoms with van der Waals surface area (Å²) >= 11 is 0. The Bertz CT molecular complexity index is 630. The van der Waals surface area contributed by atoms with Crippen LogP contribution in [0.2, 0.25) is 0 Å². The second-order valence-corrected chi connectivity index (χ2v) is 6.74. The van der Waals surface area contributed by atoms with E-state index in [2.05, 4.69) is 4.98 Å². The number of nitrogens with one attached hydrogen (secondary N) is 1. The third-order valence-electron chi connectivity index (χ3n) is 3.08. The topological polar surface area (TPSA) is 70.2 Å². The van der Waals surface area contributed by atoms with Crippen LogP contribution < -0.4 is 0 Å². The van der Waals surface area contributed by atoms with Crippen molar-refractivity contribution in [1.82, 2.24) is 4.98 Å². The maximum Gasteiger partial charge on any atom is 0.173 e. The summed E-state index contributed by atoms with van der Waals surface area (Å²) in [5.41, 5.74) is 1.01. The summed E-state index contributed by atoms with van der Waals surface area (Å²) in [4.78, 5) is 3.14. The SMILES string of the molecule is CS(=O)(=O)C(O)CCCc1cccc2[nH]ccc12. The highest BCUT2D eigenvalue weighted by atomic mass is 32.2. The van der Waals surface area contributed by atoms with Crippen LogP contribution in [0.3, 0.4) is 0 Å². The number of aromatic amines is 1. The standard InChI is InChI=1S/C13H17NO3S/c1-18(16,17)13(15)7-3-5-10-4-2-6-12-11(10)8-9-14-12/h2,4,6,8-9,13-15H,3,5,7H2,1H3. The van der Waals surface area contributed by atoms with Gasteiger partial charge >= 0.3 is 0 Å². The third kappa shape index (κ3) is 2.91. The van der Waals surface area contributed by atoms with Gasteiger partial charge in [-0.2, -0.15) is 0 Å². The molecule has 18 heavy (non-hydrogen) atoms. The Balaban J connectivity index is 2.01. The average Bonchev–Trinajstić information content (AvgIpc) is 2.76. The van der Waals surface area contributed by atoms with Gasteiger partial charge in [0.05, 0.1) is 0 Å². The van der Waals surface area contributed by atoms with E-state index in [0.717, 1.165) is 23.6 Å². The van der Waals surface area contributed by atoms with Crippen molar-refractivity contribution in [3.8, 4) is 0 Å². The van der Waals surface area contributed by atoms with Crippen LogP contribution in [0, 0.1) is 0 Å². The Morgan fingerprint density at radius 2 is 2.11 bits per heavy atom. The summed E-state index contributed by atoms with van der Waals surface area (Å²) < 4.78 is 22.2. The molecule has 1 unspecified atom stereocenters. The first-order valence-corrected chi connectivity index (χ1v) is 7.86. The number of aliphatic hydroxyl groups excluding tert-OH is 1. The van der Waals surface area contributed by atoms with E-state index in [-0.39, 0.29) is 6.42 Å². The molecule has 2 rings (SSSR count). The first-order valence-electron chi connectivity index (χ1n) is 5.90. The minimum absolute atomic E-state index is 0.277. The van der Waals surface area contributed by atoms with Crippen molar-refractivity contribution in [3.05, 3.63) is 36.0 Å². The second-order valence-electron chi connectivity index (χ2n) is 4.53. The van der Waals surface area contributed by atoms with Crippen LogP contribution in [0.1, 0.15) is 18.4 Å². The van der Waals surface area contributed by atoms with Gasteiger partial charge in [-0.15, -0.1) is 0 Å². The molecule has 0 amide bonds. The highest BCUT2D eigenvalue weighted by Gasteiger charge is 2.16. The van der Waals surface area contributed by atoms with Crippen LogP contribution in [0.4, 0.5) is 0 Å². The van der Waals surface area contributed by atoms with Gasteiger partial charge in [0.25, 0.3) is 0 Å². The van der Waals surface area contributed by atoms with Gasteiger partial charge in [-0.1, -0.05) is 12.1 Å². The number of fused-ring (bicyclic) bond motifs is 1. The maximum atomic E-state index is 11.1. The Morgan fingerprint density at radius 3 is 2.83 bits per heavy atom. The second kappa shape index (κ2) is 5.12. The number of rotatable bonds is 5. The molecule has 0 radical (unpaired) electrons. The fourth-order valence-electron chi connectivity index (χ4n) is 2.05. The highest BCUT2D eigenvalue weighted by molar-refractivity contribution is 7.91. The molecule has 0 saturated carbocycles. The van der Waals surface area contributed by atoms with E-state index in [1.807, 2.05) is 30.5 Å². The van der Waals surface area contributed by atoms with Gasteiger partial charge in [0.2, 0.25) is 0 Å². The lowest BCUT2D eigenvalue weighted by atomic mass is 10.0. The molecule has 0 saturated heterocycles. The van der Waals surface area contributed by atoms with Gasteiger partial charge in [-0.25, -0.2) is 8.42 Å². The fourth-order valence-corrected chi connectivity index (χ4v) is 2.64. The molecule has 5 heteroatoms. The van der Waals surface area contributed by atoms with E-state index >= 15 is 0 Å². The minimum atomic E-state index is -3.34. The molecular formula is C13H17NO3S. The first-order chi connectivity index (χ1) is 8.48. The van der Waals surface area contributed by atoms with Crippen LogP contribution >= 0.6 is 0 Å². The quantitative estimate of drug-likeness (QED) is 0.868. The predicted molar refractivity (Wildman–Crippen MR) is 72.1 cm³/mol. The fraction of sp³-hybridized carbons (Fsp3) is 0.385. The van der Waals surface area contributed by atoms with Crippen molar-refractivity contribution in [2.45, 2.75) is 24.7 Å². The van der Waals surface area contributed by atoms with Gasteiger partial charge in [0.15, 0.2) is 15.3 Å². The molecule has 1 atom stereocenters. The van der Waals surface area contributed by atoms with Crippen molar-refractivity contribution >= 4 is 20.7 Å². The molecule has 0 aliphatic heterocycles. The lowest BCUT2D eigenvalue weighted by Crippen LogP contribution is -2.19. The molecule has 4 nitrogen and oxygen atoms in total. The molecule has 2 aromatic rings. The number of aryl methyl sites for hydroxylation is 1. The summed E-state index contributed by atoms with van der Waals surface area (Å²) in [7, 11) is -3.34. The van der Waals surface area contributed by atoms with Gasteiger partial charge in [-0.05, 0) is 37.0 Å².